The maximum atomic E-state index is 11.7. The van der Waals surface area contributed by atoms with Gasteiger partial charge in [0.15, 0.2) is 6.61 Å². The number of halogens is 1. The fraction of sp³-hybridized carbons (Fsp3) is 0.429. The molecule has 0 fully saturated rings. The van der Waals surface area contributed by atoms with Crippen molar-refractivity contribution in [3.8, 4) is 5.75 Å². The molecule has 1 aromatic carbocycles. The Bertz CT molecular complexity index is 476. The summed E-state index contributed by atoms with van der Waals surface area (Å²) < 4.78 is 5.25. The van der Waals surface area contributed by atoms with Gasteiger partial charge in [-0.05, 0) is 24.5 Å². The van der Waals surface area contributed by atoms with E-state index >= 15 is 0 Å². The fourth-order valence-electron chi connectivity index (χ4n) is 1.63. The van der Waals surface area contributed by atoms with Gasteiger partial charge in [-0.3, -0.25) is 4.79 Å². The zero-order chi connectivity index (χ0) is 15.1. The van der Waals surface area contributed by atoms with Crippen LogP contribution in [0.15, 0.2) is 24.3 Å². The smallest absolute Gasteiger partial charge is 0.326 e. The Hall–Kier alpha value is -1.75. The van der Waals surface area contributed by atoms with Gasteiger partial charge < -0.3 is 15.2 Å². The third-order valence-corrected chi connectivity index (χ3v) is 2.85. The first-order valence-corrected chi connectivity index (χ1v) is 6.67. The van der Waals surface area contributed by atoms with Crippen molar-refractivity contribution >= 4 is 23.5 Å². The number of nitrogens with one attached hydrogen (secondary N) is 1. The summed E-state index contributed by atoms with van der Waals surface area (Å²) >= 11 is 5.88. The number of para-hydroxylation sites is 1. The molecule has 0 bridgehead atoms. The maximum Gasteiger partial charge on any atom is 0.326 e. The SMILES string of the molecule is CC(C)CC(NC(=O)COc1ccccc1Cl)C(=O)O. The summed E-state index contributed by atoms with van der Waals surface area (Å²) in [6, 6.07) is 5.86. The zero-order valence-corrected chi connectivity index (χ0v) is 12.2. The lowest BCUT2D eigenvalue weighted by Gasteiger charge is -2.16. The van der Waals surface area contributed by atoms with E-state index in [1.165, 1.54) is 0 Å². The van der Waals surface area contributed by atoms with Crippen molar-refractivity contribution in [2.75, 3.05) is 6.61 Å². The van der Waals surface area contributed by atoms with Gasteiger partial charge in [0.25, 0.3) is 5.91 Å². The summed E-state index contributed by atoms with van der Waals surface area (Å²) in [6.07, 6.45) is 0.368. The second-order valence-corrected chi connectivity index (χ2v) is 5.21. The lowest BCUT2D eigenvalue weighted by molar-refractivity contribution is -0.142. The van der Waals surface area contributed by atoms with E-state index in [1.807, 2.05) is 13.8 Å². The van der Waals surface area contributed by atoms with Crippen LogP contribution in [-0.2, 0) is 9.59 Å². The molecule has 0 aliphatic heterocycles. The second kappa shape index (κ2) is 7.75. The number of carboxylic acids is 1. The molecular weight excluding hydrogens is 282 g/mol. The van der Waals surface area contributed by atoms with E-state index in [1.54, 1.807) is 24.3 Å². The van der Waals surface area contributed by atoms with Gasteiger partial charge in [-0.15, -0.1) is 0 Å². The van der Waals surface area contributed by atoms with Gasteiger partial charge in [0.2, 0.25) is 0 Å². The van der Waals surface area contributed by atoms with Crippen molar-refractivity contribution in [2.24, 2.45) is 5.92 Å². The van der Waals surface area contributed by atoms with Crippen LogP contribution < -0.4 is 10.1 Å². The number of hydrogen-bond acceptors (Lipinski definition) is 3. The molecule has 5 nitrogen and oxygen atoms in total. The summed E-state index contributed by atoms with van der Waals surface area (Å²) in [6.45, 7) is 3.51. The van der Waals surface area contributed by atoms with Crippen LogP contribution in [0.3, 0.4) is 0 Å². The average Bonchev–Trinajstić information content (AvgIpc) is 2.36. The van der Waals surface area contributed by atoms with Crippen LogP contribution in [0.5, 0.6) is 5.75 Å². The molecule has 0 aromatic heterocycles. The zero-order valence-electron chi connectivity index (χ0n) is 11.4. The van der Waals surface area contributed by atoms with Gasteiger partial charge in [-0.2, -0.15) is 0 Å². The van der Waals surface area contributed by atoms with E-state index in [-0.39, 0.29) is 12.5 Å². The Labute approximate surface area is 122 Å². The van der Waals surface area contributed by atoms with Crippen LogP contribution >= 0.6 is 11.6 Å². The predicted molar refractivity (Wildman–Crippen MR) is 76.0 cm³/mol. The number of carboxylic acid groups (broad SMARTS) is 1. The van der Waals surface area contributed by atoms with Crippen molar-refractivity contribution in [3.05, 3.63) is 29.3 Å². The molecule has 0 heterocycles. The second-order valence-electron chi connectivity index (χ2n) is 4.81. The number of benzene rings is 1. The van der Waals surface area contributed by atoms with Gasteiger partial charge in [0.05, 0.1) is 5.02 Å². The largest absolute Gasteiger partial charge is 0.482 e. The molecule has 0 saturated carbocycles. The van der Waals surface area contributed by atoms with Crippen LogP contribution in [-0.4, -0.2) is 29.6 Å². The molecule has 110 valence electrons. The topological polar surface area (TPSA) is 75.6 Å². The number of ether oxygens (including phenoxy) is 1. The van der Waals surface area contributed by atoms with Crippen molar-refractivity contribution in [1.82, 2.24) is 5.32 Å². The molecule has 6 heteroatoms. The van der Waals surface area contributed by atoms with Crippen molar-refractivity contribution in [1.29, 1.82) is 0 Å². The van der Waals surface area contributed by atoms with E-state index in [0.29, 0.717) is 17.2 Å². The molecule has 1 unspecified atom stereocenters. The first-order valence-electron chi connectivity index (χ1n) is 6.29. The highest BCUT2D eigenvalue weighted by Gasteiger charge is 2.21. The highest BCUT2D eigenvalue weighted by atomic mass is 35.5. The summed E-state index contributed by atoms with van der Waals surface area (Å²) in [7, 11) is 0. The van der Waals surface area contributed by atoms with E-state index in [9.17, 15) is 9.59 Å². The quantitative estimate of drug-likeness (QED) is 0.810. The molecule has 1 aromatic rings. The molecule has 0 aliphatic rings. The van der Waals surface area contributed by atoms with Crippen molar-refractivity contribution in [2.45, 2.75) is 26.3 Å². The van der Waals surface area contributed by atoms with Gasteiger partial charge in [0, 0.05) is 0 Å². The first kappa shape index (κ1) is 16.3. The Balaban J connectivity index is 2.50. The number of carbonyl (C=O) groups excluding carboxylic acids is 1. The molecule has 20 heavy (non-hydrogen) atoms. The first-order chi connectivity index (χ1) is 9.40. The predicted octanol–water partition coefficient (Wildman–Crippen LogP) is 2.33. The molecule has 2 N–H and O–H groups in total. The van der Waals surface area contributed by atoms with Crippen molar-refractivity contribution < 1.29 is 19.4 Å². The standard InChI is InChI=1S/C14H18ClNO4/c1-9(2)7-11(14(18)19)16-13(17)8-20-12-6-4-3-5-10(12)15/h3-6,9,11H,7-8H2,1-2H3,(H,16,17)(H,18,19). The molecule has 1 rings (SSSR count). The Morgan fingerprint density at radius 2 is 2.00 bits per heavy atom. The maximum absolute atomic E-state index is 11.7. The minimum Gasteiger partial charge on any atom is -0.482 e. The van der Waals surface area contributed by atoms with Crippen LogP contribution in [0.1, 0.15) is 20.3 Å². The molecule has 0 spiro atoms. The van der Waals surface area contributed by atoms with Gasteiger partial charge in [-0.25, -0.2) is 4.79 Å². The third kappa shape index (κ3) is 5.48. The molecule has 0 radical (unpaired) electrons. The van der Waals surface area contributed by atoms with E-state index in [2.05, 4.69) is 5.32 Å². The lowest BCUT2D eigenvalue weighted by Crippen LogP contribution is -2.43. The monoisotopic (exact) mass is 299 g/mol. The summed E-state index contributed by atoms with van der Waals surface area (Å²) in [5.41, 5.74) is 0. The summed E-state index contributed by atoms with van der Waals surface area (Å²) in [4.78, 5) is 22.7. The van der Waals surface area contributed by atoms with Crippen LogP contribution in [0.25, 0.3) is 0 Å². The lowest BCUT2D eigenvalue weighted by atomic mass is 10.0. The summed E-state index contributed by atoms with van der Waals surface area (Å²) in [5.74, 6) is -0.983. The third-order valence-electron chi connectivity index (χ3n) is 2.54. The van der Waals surface area contributed by atoms with E-state index in [0.717, 1.165) is 0 Å². The molecular formula is C14H18ClNO4. The number of aliphatic carboxylic acids is 1. The minimum atomic E-state index is -1.05. The minimum absolute atomic E-state index is 0.167. The number of hydrogen-bond donors (Lipinski definition) is 2. The van der Waals surface area contributed by atoms with Crippen molar-refractivity contribution in [3.63, 3.8) is 0 Å². The Kier molecular flexibility index (Phi) is 6.31. The van der Waals surface area contributed by atoms with Crippen LogP contribution in [0, 0.1) is 5.92 Å². The fourth-order valence-corrected chi connectivity index (χ4v) is 1.82. The number of rotatable bonds is 7. The molecule has 0 aliphatic carbocycles. The number of amides is 1. The number of carbonyl (C=O) groups is 2. The van der Waals surface area contributed by atoms with E-state index < -0.39 is 17.9 Å². The normalized spacial score (nSPS) is 12.0. The highest BCUT2D eigenvalue weighted by molar-refractivity contribution is 6.32. The van der Waals surface area contributed by atoms with Crippen LogP contribution in [0.4, 0.5) is 0 Å². The summed E-state index contributed by atoms with van der Waals surface area (Å²) in [5, 5.41) is 11.9. The molecule has 1 atom stereocenters. The molecule has 0 saturated heterocycles. The highest BCUT2D eigenvalue weighted by Crippen LogP contribution is 2.22. The average molecular weight is 300 g/mol. The van der Waals surface area contributed by atoms with Gasteiger partial charge in [0.1, 0.15) is 11.8 Å². The van der Waals surface area contributed by atoms with Gasteiger partial charge >= 0.3 is 5.97 Å². The Morgan fingerprint density at radius 3 is 2.55 bits per heavy atom. The van der Waals surface area contributed by atoms with Crippen LogP contribution in [0.2, 0.25) is 5.02 Å². The van der Waals surface area contributed by atoms with Gasteiger partial charge in [-0.1, -0.05) is 37.6 Å². The molecule has 1 amide bonds. The Morgan fingerprint density at radius 1 is 1.35 bits per heavy atom. The van der Waals surface area contributed by atoms with E-state index in [4.69, 9.17) is 21.4 Å².